The maximum absolute atomic E-state index is 12.2. The summed E-state index contributed by atoms with van der Waals surface area (Å²) in [6, 6.07) is 7.37. The van der Waals surface area contributed by atoms with Crippen molar-refractivity contribution in [1.82, 2.24) is 10.0 Å². The second kappa shape index (κ2) is 7.35. The smallest absolute Gasteiger partial charge is 0.241 e. The van der Waals surface area contributed by atoms with Crippen LogP contribution in [0.5, 0.6) is 0 Å². The van der Waals surface area contributed by atoms with E-state index in [2.05, 4.69) is 5.32 Å². The number of sulfone groups is 1. The molecule has 0 heterocycles. The zero-order valence-corrected chi connectivity index (χ0v) is 13.3. The molecule has 0 saturated heterocycles. The number of amides is 1. The van der Waals surface area contributed by atoms with Crippen molar-refractivity contribution in [2.24, 2.45) is 0 Å². The van der Waals surface area contributed by atoms with Gasteiger partial charge in [0.2, 0.25) is 15.9 Å². The van der Waals surface area contributed by atoms with E-state index in [-0.39, 0.29) is 11.4 Å². The van der Waals surface area contributed by atoms with Crippen molar-refractivity contribution in [1.29, 1.82) is 5.26 Å². The number of hydrogen-bond donors (Lipinski definition) is 2. The predicted molar refractivity (Wildman–Crippen MR) is 78.9 cm³/mol. The summed E-state index contributed by atoms with van der Waals surface area (Å²) in [5.74, 6) is -1.59. The molecule has 0 saturated carbocycles. The highest BCUT2D eigenvalue weighted by atomic mass is 32.2. The van der Waals surface area contributed by atoms with Crippen molar-refractivity contribution in [2.75, 3.05) is 18.6 Å². The monoisotopic (exact) mass is 345 g/mol. The molecule has 2 N–H and O–H groups in total. The predicted octanol–water partition coefficient (Wildman–Crippen LogP) is -0.982. The van der Waals surface area contributed by atoms with Gasteiger partial charge in [-0.3, -0.25) is 4.79 Å². The third-order valence-corrected chi connectivity index (χ3v) is 4.90. The average molecular weight is 345 g/mol. The first-order chi connectivity index (χ1) is 10.2. The first kappa shape index (κ1) is 18.1. The Hall–Kier alpha value is -1.96. The highest BCUT2D eigenvalue weighted by Gasteiger charge is 2.28. The molecular formula is C12H15N3O5S2. The molecule has 8 nitrogen and oxygen atoms in total. The Morgan fingerprint density at radius 1 is 1.23 bits per heavy atom. The number of carbonyl (C=O) groups is 1. The summed E-state index contributed by atoms with van der Waals surface area (Å²) in [7, 11) is -7.68. The Labute approximate surface area is 129 Å². The standard InChI is InChI=1S/C12H15N3O5S2/c1-21(17,18)9-11(12(16)14-8-7-13)15-22(19,20)10-5-3-2-4-6-10/h2-6,11,15H,8-9H2,1H3,(H,14,16). The summed E-state index contributed by atoms with van der Waals surface area (Å²) >= 11 is 0. The van der Waals surface area contributed by atoms with Gasteiger partial charge in [0, 0.05) is 6.26 Å². The maximum Gasteiger partial charge on any atom is 0.241 e. The van der Waals surface area contributed by atoms with Crippen molar-refractivity contribution >= 4 is 25.8 Å². The molecule has 0 bridgehead atoms. The minimum absolute atomic E-state index is 0.0958. The van der Waals surface area contributed by atoms with Crippen LogP contribution in [0.1, 0.15) is 0 Å². The van der Waals surface area contributed by atoms with E-state index < -0.39 is 37.6 Å². The normalized spacial score (nSPS) is 13.1. The van der Waals surface area contributed by atoms with Crippen LogP contribution in [0.15, 0.2) is 35.2 Å². The number of nitrogens with zero attached hydrogens (tertiary/aromatic N) is 1. The molecule has 1 amide bonds. The molecule has 1 aromatic rings. The molecular weight excluding hydrogens is 330 g/mol. The second-order valence-corrected chi connectivity index (χ2v) is 8.35. The number of hydrogen-bond acceptors (Lipinski definition) is 6. The van der Waals surface area contributed by atoms with Crippen LogP contribution in [0.25, 0.3) is 0 Å². The van der Waals surface area contributed by atoms with Crippen LogP contribution >= 0.6 is 0 Å². The number of carbonyl (C=O) groups excluding carboxylic acids is 1. The summed E-state index contributed by atoms with van der Waals surface area (Å²) in [4.78, 5) is 11.7. The van der Waals surface area contributed by atoms with E-state index >= 15 is 0 Å². The van der Waals surface area contributed by atoms with Gasteiger partial charge in [-0.25, -0.2) is 16.8 Å². The average Bonchev–Trinajstić information content (AvgIpc) is 2.43. The van der Waals surface area contributed by atoms with Gasteiger partial charge in [-0.15, -0.1) is 0 Å². The van der Waals surface area contributed by atoms with Crippen molar-refractivity contribution in [3.8, 4) is 6.07 Å². The molecule has 120 valence electrons. The highest BCUT2D eigenvalue weighted by Crippen LogP contribution is 2.08. The molecule has 1 rings (SSSR count). The van der Waals surface area contributed by atoms with Crippen LogP contribution in [0.4, 0.5) is 0 Å². The van der Waals surface area contributed by atoms with E-state index in [1.54, 1.807) is 12.1 Å². The highest BCUT2D eigenvalue weighted by molar-refractivity contribution is 7.91. The maximum atomic E-state index is 12.2. The Bertz CT molecular complexity index is 767. The molecule has 22 heavy (non-hydrogen) atoms. The quantitative estimate of drug-likeness (QED) is 0.610. The molecule has 0 aliphatic rings. The summed E-state index contributed by atoms with van der Waals surface area (Å²) in [5, 5.41) is 10.6. The van der Waals surface area contributed by atoms with Gasteiger partial charge in [-0.05, 0) is 12.1 Å². The molecule has 0 aliphatic carbocycles. The molecule has 1 atom stereocenters. The van der Waals surface area contributed by atoms with Crippen LogP contribution in [-0.2, 0) is 24.7 Å². The zero-order valence-electron chi connectivity index (χ0n) is 11.7. The first-order valence-corrected chi connectivity index (χ1v) is 9.60. The number of rotatable bonds is 7. The van der Waals surface area contributed by atoms with Gasteiger partial charge in [0.05, 0.1) is 16.7 Å². The summed E-state index contributed by atoms with van der Waals surface area (Å²) in [6.45, 7) is -0.355. The largest absolute Gasteiger partial charge is 0.342 e. The van der Waals surface area contributed by atoms with E-state index in [1.165, 1.54) is 24.3 Å². The summed E-state index contributed by atoms with van der Waals surface area (Å²) in [5.41, 5.74) is 0. The topological polar surface area (TPSA) is 133 Å². The van der Waals surface area contributed by atoms with E-state index in [1.807, 2.05) is 4.72 Å². The molecule has 0 spiro atoms. The van der Waals surface area contributed by atoms with E-state index in [9.17, 15) is 21.6 Å². The van der Waals surface area contributed by atoms with Crippen LogP contribution < -0.4 is 10.0 Å². The number of sulfonamides is 1. The molecule has 1 aromatic carbocycles. The summed E-state index contributed by atoms with van der Waals surface area (Å²) in [6.07, 6.45) is 0.883. The number of nitriles is 1. The fraction of sp³-hybridized carbons (Fsp3) is 0.333. The third-order valence-electron chi connectivity index (χ3n) is 2.48. The van der Waals surface area contributed by atoms with Crippen LogP contribution in [0.3, 0.4) is 0 Å². The molecule has 10 heteroatoms. The van der Waals surface area contributed by atoms with Crippen molar-refractivity contribution < 1.29 is 21.6 Å². The van der Waals surface area contributed by atoms with E-state index in [0.29, 0.717) is 0 Å². The fourth-order valence-corrected chi connectivity index (χ4v) is 3.73. The molecule has 0 fully saturated rings. The van der Waals surface area contributed by atoms with Gasteiger partial charge in [0.15, 0.2) is 0 Å². The Morgan fingerprint density at radius 2 is 1.82 bits per heavy atom. The van der Waals surface area contributed by atoms with Gasteiger partial charge >= 0.3 is 0 Å². The Morgan fingerprint density at radius 3 is 2.32 bits per heavy atom. The van der Waals surface area contributed by atoms with Crippen molar-refractivity contribution in [3.63, 3.8) is 0 Å². The lowest BCUT2D eigenvalue weighted by molar-refractivity contribution is -0.122. The van der Waals surface area contributed by atoms with Gasteiger partial charge in [0.25, 0.3) is 0 Å². The van der Waals surface area contributed by atoms with Crippen LogP contribution in [0, 0.1) is 11.3 Å². The molecule has 1 unspecified atom stereocenters. The van der Waals surface area contributed by atoms with Gasteiger partial charge in [-0.1, -0.05) is 18.2 Å². The Kier molecular flexibility index (Phi) is 6.04. The van der Waals surface area contributed by atoms with Gasteiger partial charge < -0.3 is 5.32 Å². The van der Waals surface area contributed by atoms with E-state index in [4.69, 9.17) is 5.26 Å². The summed E-state index contributed by atoms with van der Waals surface area (Å²) < 4.78 is 49.1. The zero-order chi connectivity index (χ0) is 16.8. The van der Waals surface area contributed by atoms with Gasteiger partial charge in [-0.2, -0.15) is 9.98 Å². The minimum Gasteiger partial charge on any atom is -0.342 e. The van der Waals surface area contributed by atoms with Gasteiger partial charge in [0.1, 0.15) is 22.4 Å². The lowest BCUT2D eigenvalue weighted by Gasteiger charge is -2.17. The lowest BCUT2D eigenvalue weighted by atomic mass is 10.3. The van der Waals surface area contributed by atoms with Crippen molar-refractivity contribution in [2.45, 2.75) is 10.9 Å². The van der Waals surface area contributed by atoms with E-state index in [0.717, 1.165) is 6.26 Å². The SMILES string of the molecule is CS(=O)(=O)CC(NS(=O)(=O)c1ccccc1)C(=O)NCC#N. The van der Waals surface area contributed by atoms with Crippen LogP contribution in [-0.4, -0.2) is 47.3 Å². The number of benzene rings is 1. The molecule has 0 aliphatic heterocycles. The molecule has 0 aromatic heterocycles. The van der Waals surface area contributed by atoms with Crippen molar-refractivity contribution in [3.05, 3.63) is 30.3 Å². The first-order valence-electron chi connectivity index (χ1n) is 6.05. The number of nitrogens with one attached hydrogen (secondary N) is 2. The molecule has 0 radical (unpaired) electrons. The minimum atomic E-state index is -4.06. The third kappa shape index (κ3) is 5.80. The lowest BCUT2D eigenvalue weighted by Crippen LogP contribution is -2.50. The van der Waals surface area contributed by atoms with Crippen LogP contribution in [0.2, 0.25) is 0 Å². The Balaban J connectivity index is 3.03. The fourth-order valence-electron chi connectivity index (χ4n) is 1.57. The second-order valence-electron chi connectivity index (χ2n) is 4.46.